The molecule has 164 valence electrons. The molecule has 0 bridgehead atoms. The summed E-state index contributed by atoms with van der Waals surface area (Å²) in [6.07, 6.45) is 3.90. The topological polar surface area (TPSA) is 67.7 Å². The molecule has 1 atom stereocenters. The van der Waals surface area contributed by atoms with Gasteiger partial charge in [0.25, 0.3) is 0 Å². The van der Waals surface area contributed by atoms with Crippen LogP contribution < -0.4 is 10.6 Å². The molecule has 8 heteroatoms. The molecule has 6 nitrogen and oxygen atoms in total. The Kier molecular flexibility index (Phi) is 6.01. The Labute approximate surface area is 190 Å². The average Bonchev–Trinajstić information content (AvgIpc) is 3.16. The zero-order valence-electron chi connectivity index (χ0n) is 17.6. The van der Waals surface area contributed by atoms with E-state index in [9.17, 15) is 4.39 Å². The third-order valence-electron chi connectivity index (χ3n) is 5.81. The molecule has 0 amide bonds. The normalized spacial score (nSPS) is 16.4. The molecule has 0 unspecified atom stereocenters. The second kappa shape index (κ2) is 9.22. The van der Waals surface area contributed by atoms with Gasteiger partial charge in [0.05, 0.1) is 16.8 Å². The standard InChI is InChI=1S/C24H24ClFN6/c25-18-9-4-10-19(26)21(18)23-30-20-14-29-24(28-13-16-6-2-1-3-7-16)31-22(20)32(23)15-17-8-5-11-27-12-17/h1-4,6-7,9-10,14,17,27H,5,8,11-13,15H2,(H,28,29,31)/t17-/m1/s1. The number of halogens is 2. The monoisotopic (exact) mass is 450 g/mol. The van der Waals surface area contributed by atoms with Gasteiger partial charge in [-0.25, -0.2) is 14.4 Å². The van der Waals surface area contributed by atoms with Crippen molar-refractivity contribution in [1.29, 1.82) is 0 Å². The van der Waals surface area contributed by atoms with Gasteiger partial charge in [-0.05, 0) is 49.5 Å². The van der Waals surface area contributed by atoms with Crippen molar-refractivity contribution in [3.05, 3.63) is 71.1 Å². The van der Waals surface area contributed by atoms with Crippen molar-refractivity contribution in [3.8, 4) is 11.4 Å². The molecule has 4 aromatic rings. The first-order chi connectivity index (χ1) is 15.7. The largest absolute Gasteiger partial charge is 0.350 e. The van der Waals surface area contributed by atoms with Crippen molar-refractivity contribution < 1.29 is 4.39 Å². The van der Waals surface area contributed by atoms with Crippen molar-refractivity contribution in [2.45, 2.75) is 25.9 Å². The number of hydrogen-bond acceptors (Lipinski definition) is 5. The second-order valence-corrected chi connectivity index (χ2v) is 8.50. The molecule has 1 fully saturated rings. The smallest absolute Gasteiger partial charge is 0.225 e. The summed E-state index contributed by atoms with van der Waals surface area (Å²) in [5.41, 5.74) is 2.73. The van der Waals surface area contributed by atoms with Crippen LogP contribution in [-0.4, -0.2) is 32.6 Å². The Morgan fingerprint density at radius 2 is 2.00 bits per heavy atom. The van der Waals surface area contributed by atoms with Crippen molar-refractivity contribution in [1.82, 2.24) is 24.8 Å². The van der Waals surface area contributed by atoms with Crippen LogP contribution in [0.2, 0.25) is 5.02 Å². The van der Waals surface area contributed by atoms with Crippen LogP contribution in [-0.2, 0) is 13.1 Å². The number of hydrogen-bond donors (Lipinski definition) is 2. The third-order valence-corrected chi connectivity index (χ3v) is 6.12. The molecule has 32 heavy (non-hydrogen) atoms. The van der Waals surface area contributed by atoms with E-state index in [0.29, 0.717) is 52.5 Å². The zero-order valence-corrected chi connectivity index (χ0v) is 18.3. The van der Waals surface area contributed by atoms with Crippen molar-refractivity contribution in [3.63, 3.8) is 0 Å². The van der Waals surface area contributed by atoms with Crippen molar-refractivity contribution in [2.75, 3.05) is 18.4 Å². The van der Waals surface area contributed by atoms with Gasteiger partial charge in [-0.15, -0.1) is 0 Å². The summed E-state index contributed by atoms with van der Waals surface area (Å²) in [7, 11) is 0. The minimum Gasteiger partial charge on any atom is -0.350 e. The van der Waals surface area contributed by atoms with Crippen LogP contribution in [0, 0.1) is 11.7 Å². The maximum Gasteiger partial charge on any atom is 0.225 e. The average molecular weight is 451 g/mol. The predicted octanol–water partition coefficient (Wildman–Crippen LogP) is 4.90. The molecule has 2 aromatic heterocycles. The summed E-state index contributed by atoms with van der Waals surface area (Å²) in [6, 6.07) is 14.8. The van der Waals surface area contributed by atoms with Crippen LogP contribution in [0.1, 0.15) is 18.4 Å². The van der Waals surface area contributed by atoms with Crippen molar-refractivity contribution >= 4 is 28.7 Å². The highest BCUT2D eigenvalue weighted by molar-refractivity contribution is 6.33. The highest BCUT2D eigenvalue weighted by Crippen LogP contribution is 2.33. The van der Waals surface area contributed by atoms with Crippen LogP contribution in [0.4, 0.5) is 10.3 Å². The van der Waals surface area contributed by atoms with Gasteiger partial charge in [-0.2, -0.15) is 4.98 Å². The Morgan fingerprint density at radius 1 is 1.12 bits per heavy atom. The molecule has 5 rings (SSSR count). The molecule has 0 spiro atoms. The van der Waals surface area contributed by atoms with E-state index >= 15 is 0 Å². The number of rotatable bonds is 6. The van der Waals surface area contributed by atoms with Crippen LogP contribution in [0.3, 0.4) is 0 Å². The van der Waals surface area contributed by atoms with Gasteiger partial charge in [-0.1, -0.05) is 48.0 Å². The number of piperidine rings is 1. The van der Waals surface area contributed by atoms with Gasteiger partial charge < -0.3 is 15.2 Å². The van der Waals surface area contributed by atoms with E-state index < -0.39 is 5.82 Å². The first-order valence-electron chi connectivity index (χ1n) is 10.8. The first kappa shape index (κ1) is 20.8. The predicted molar refractivity (Wildman–Crippen MR) is 125 cm³/mol. The number of benzene rings is 2. The lowest BCUT2D eigenvalue weighted by atomic mass is 9.99. The molecular formula is C24H24ClFN6. The summed E-state index contributed by atoms with van der Waals surface area (Å²) in [5, 5.41) is 7.06. The minimum absolute atomic E-state index is 0.301. The number of nitrogens with zero attached hydrogens (tertiary/aromatic N) is 4. The first-order valence-corrected chi connectivity index (χ1v) is 11.2. The molecule has 2 aromatic carbocycles. The Morgan fingerprint density at radius 3 is 2.78 bits per heavy atom. The lowest BCUT2D eigenvalue weighted by Crippen LogP contribution is -2.32. The third kappa shape index (κ3) is 4.31. The summed E-state index contributed by atoms with van der Waals surface area (Å²) in [4.78, 5) is 13.9. The highest BCUT2D eigenvalue weighted by Gasteiger charge is 2.23. The number of aromatic nitrogens is 4. The van der Waals surface area contributed by atoms with Crippen LogP contribution in [0.25, 0.3) is 22.6 Å². The lowest BCUT2D eigenvalue weighted by Gasteiger charge is -2.24. The maximum absolute atomic E-state index is 14.8. The van der Waals surface area contributed by atoms with E-state index in [1.165, 1.54) is 6.07 Å². The fraction of sp³-hybridized carbons (Fsp3) is 0.292. The molecule has 0 radical (unpaired) electrons. The van der Waals surface area contributed by atoms with Gasteiger partial charge >= 0.3 is 0 Å². The van der Waals surface area contributed by atoms with Crippen molar-refractivity contribution in [2.24, 2.45) is 5.92 Å². The number of nitrogens with one attached hydrogen (secondary N) is 2. The highest BCUT2D eigenvalue weighted by atomic mass is 35.5. The zero-order chi connectivity index (χ0) is 21.9. The van der Waals surface area contributed by atoms with E-state index in [4.69, 9.17) is 21.6 Å². The molecule has 1 aliphatic rings. The van der Waals surface area contributed by atoms with Crippen LogP contribution in [0.5, 0.6) is 0 Å². The summed E-state index contributed by atoms with van der Waals surface area (Å²) in [5.74, 6) is 1.01. The fourth-order valence-electron chi connectivity index (χ4n) is 4.19. The lowest BCUT2D eigenvalue weighted by molar-refractivity contribution is 0.341. The minimum atomic E-state index is -0.397. The molecule has 0 saturated carbocycles. The molecule has 1 aliphatic heterocycles. The summed E-state index contributed by atoms with van der Waals surface area (Å²) in [6.45, 7) is 3.23. The van der Waals surface area contributed by atoms with Crippen LogP contribution >= 0.6 is 11.6 Å². The number of fused-ring (bicyclic) bond motifs is 1. The Hall–Kier alpha value is -3.03. The molecular weight excluding hydrogens is 427 g/mol. The van der Waals surface area contributed by atoms with E-state index in [1.807, 2.05) is 34.9 Å². The quantitative estimate of drug-likeness (QED) is 0.437. The van der Waals surface area contributed by atoms with E-state index in [2.05, 4.69) is 15.6 Å². The van der Waals surface area contributed by atoms with Gasteiger partial charge in [0, 0.05) is 13.1 Å². The van der Waals surface area contributed by atoms with Gasteiger partial charge in [0.2, 0.25) is 5.95 Å². The summed E-state index contributed by atoms with van der Waals surface area (Å²) >= 11 is 6.40. The van der Waals surface area contributed by atoms with Gasteiger partial charge in [-0.3, -0.25) is 0 Å². The van der Waals surface area contributed by atoms with E-state index in [-0.39, 0.29) is 0 Å². The molecule has 0 aliphatic carbocycles. The van der Waals surface area contributed by atoms with E-state index in [1.54, 1.807) is 18.3 Å². The Balaban J connectivity index is 1.55. The fourth-order valence-corrected chi connectivity index (χ4v) is 4.44. The number of anilines is 1. The van der Waals surface area contributed by atoms with Gasteiger partial charge in [0.1, 0.15) is 17.2 Å². The summed E-state index contributed by atoms with van der Waals surface area (Å²) < 4.78 is 16.8. The second-order valence-electron chi connectivity index (χ2n) is 8.10. The maximum atomic E-state index is 14.8. The molecule has 3 heterocycles. The van der Waals surface area contributed by atoms with E-state index in [0.717, 1.165) is 31.5 Å². The Bertz CT molecular complexity index is 1200. The molecule has 2 N–H and O–H groups in total. The SMILES string of the molecule is Fc1cccc(Cl)c1-c1nc2cnc(NCc3ccccc3)nc2n1C[C@@H]1CCCNC1. The number of imidazole rings is 1. The van der Waals surface area contributed by atoms with Crippen LogP contribution in [0.15, 0.2) is 54.7 Å². The molecule has 1 saturated heterocycles. The van der Waals surface area contributed by atoms with Gasteiger partial charge in [0.15, 0.2) is 5.65 Å².